The molecule has 0 saturated carbocycles. The lowest BCUT2D eigenvalue weighted by Crippen LogP contribution is -2.46. The Labute approximate surface area is 165 Å². The zero-order chi connectivity index (χ0) is 20.7. The lowest BCUT2D eigenvalue weighted by molar-refractivity contribution is -0.165. The third-order valence-corrected chi connectivity index (χ3v) is 4.73. The molecule has 1 fully saturated rings. The number of piperidine rings is 1. The Hall–Kier alpha value is -2.57. The van der Waals surface area contributed by atoms with Crippen LogP contribution in [0.25, 0.3) is 0 Å². The Kier molecular flexibility index (Phi) is 7.84. The number of carbonyl (C=O) groups is 3. The van der Waals surface area contributed by atoms with Gasteiger partial charge in [-0.05, 0) is 52.7 Å². The molecule has 7 nitrogen and oxygen atoms in total. The topological polar surface area (TPSA) is 82.1 Å². The molecule has 0 aliphatic carbocycles. The Balaban J connectivity index is 1.80. The van der Waals surface area contributed by atoms with Crippen LogP contribution in [0.5, 0.6) is 5.75 Å². The first-order chi connectivity index (χ1) is 13.3. The maximum atomic E-state index is 12.5. The molecule has 0 aromatic heterocycles. The Bertz CT molecular complexity index is 679. The zero-order valence-corrected chi connectivity index (χ0v) is 17.0. The fourth-order valence-corrected chi connectivity index (χ4v) is 3.04. The van der Waals surface area contributed by atoms with Crippen LogP contribution in [0.4, 0.5) is 0 Å². The van der Waals surface area contributed by atoms with Crippen LogP contribution in [-0.4, -0.2) is 54.7 Å². The van der Waals surface area contributed by atoms with Gasteiger partial charge in [0.15, 0.2) is 12.2 Å². The first-order valence-corrected chi connectivity index (χ1v) is 9.71. The second-order valence-corrected chi connectivity index (χ2v) is 7.00. The number of rotatable bonds is 7. The van der Waals surface area contributed by atoms with Gasteiger partial charge in [-0.25, -0.2) is 4.79 Å². The van der Waals surface area contributed by atoms with Gasteiger partial charge in [-0.2, -0.15) is 0 Å². The molecule has 0 spiro atoms. The molecule has 1 amide bonds. The average Bonchev–Trinajstić information content (AvgIpc) is 2.69. The van der Waals surface area contributed by atoms with Crippen LogP contribution in [0.2, 0.25) is 0 Å². The molecular weight excluding hydrogens is 362 g/mol. The van der Waals surface area contributed by atoms with Gasteiger partial charge in [-0.1, -0.05) is 17.7 Å². The molecule has 0 N–H and O–H groups in total. The van der Waals surface area contributed by atoms with Crippen molar-refractivity contribution in [3.8, 4) is 5.75 Å². The van der Waals surface area contributed by atoms with Crippen molar-refractivity contribution in [1.82, 2.24) is 4.90 Å². The summed E-state index contributed by atoms with van der Waals surface area (Å²) in [5.41, 5.74) is 1.09. The third-order valence-electron chi connectivity index (χ3n) is 4.73. The number of aryl methyl sites for hydroxylation is 1. The second-order valence-electron chi connectivity index (χ2n) is 7.00. The van der Waals surface area contributed by atoms with Crippen molar-refractivity contribution >= 4 is 17.8 Å². The number of amides is 1. The van der Waals surface area contributed by atoms with E-state index in [1.165, 1.54) is 0 Å². The van der Waals surface area contributed by atoms with Crippen molar-refractivity contribution in [2.75, 3.05) is 19.7 Å². The lowest BCUT2D eigenvalue weighted by Gasteiger charge is -2.32. The van der Waals surface area contributed by atoms with Gasteiger partial charge in [0.1, 0.15) is 5.75 Å². The quantitative estimate of drug-likeness (QED) is 0.664. The highest BCUT2D eigenvalue weighted by molar-refractivity contribution is 5.85. The normalized spacial score (nSPS) is 16.8. The number of hydrogen-bond donors (Lipinski definition) is 0. The molecule has 2 rings (SSSR count). The van der Waals surface area contributed by atoms with Gasteiger partial charge in [0.25, 0.3) is 5.91 Å². The largest absolute Gasteiger partial charge is 0.479 e. The van der Waals surface area contributed by atoms with E-state index in [9.17, 15) is 14.4 Å². The molecule has 1 aliphatic heterocycles. The van der Waals surface area contributed by atoms with Crippen molar-refractivity contribution in [1.29, 1.82) is 0 Å². The fraction of sp³-hybridized carbons (Fsp3) is 0.571. The summed E-state index contributed by atoms with van der Waals surface area (Å²) in [5, 5.41) is 0. The Morgan fingerprint density at radius 2 is 1.68 bits per heavy atom. The molecule has 1 saturated heterocycles. The van der Waals surface area contributed by atoms with Crippen LogP contribution in [-0.2, 0) is 23.9 Å². The van der Waals surface area contributed by atoms with E-state index in [0.717, 1.165) is 5.56 Å². The van der Waals surface area contributed by atoms with Crippen molar-refractivity contribution in [2.45, 2.75) is 52.7 Å². The third kappa shape index (κ3) is 5.97. The summed E-state index contributed by atoms with van der Waals surface area (Å²) in [6, 6.07) is 7.34. The van der Waals surface area contributed by atoms with E-state index in [4.69, 9.17) is 14.2 Å². The Morgan fingerprint density at radius 3 is 2.25 bits per heavy atom. The van der Waals surface area contributed by atoms with Crippen molar-refractivity contribution in [3.63, 3.8) is 0 Å². The molecule has 0 radical (unpaired) electrons. The van der Waals surface area contributed by atoms with E-state index in [0.29, 0.717) is 38.3 Å². The number of nitrogens with zero attached hydrogens (tertiary/aromatic N) is 1. The van der Waals surface area contributed by atoms with Gasteiger partial charge < -0.3 is 19.1 Å². The van der Waals surface area contributed by atoms with Crippen molar-refractivity contribution in [2.24, 2.45) is 5.92 Å². The van der Waals surface area contributed by atoms with Crippen LogP contribution in [0.3, 0.4) is 0 Å². The minimum absolute atomic E-state index is 0.176. The molecule has 1 aromatic rings. The summed E-state index contributed by atoms with van der Waals surface area (Å²) in [5.74, 6) is -0.683. The van der Waals surface area contributed by atoms with Gasteiger partial charge in [0.2, 0.25) is 0 Å². The van der Waals surface area contributed by atoms with Crippen LogP contribution in [0.1, 0.15) is 39.2 Å². The highest BCUT2D eigenvalue weighted by Crippen LogP contribution is 2.20. The van der Waals surface area contributed by atoms with E-state index in [1.54, 1.807) is 37.8 Å². The first-order valence-electron chi connectivity index (χ1n) is 9.71. The molecule has 1 aliphatic rings. The highest BCUT2D eigenvalue weighted by Gasteiger charge is 2.32. The summed E-state index contributed by atoms with van der Waals surface area (Å²) in [6.45, 7) is 8.12. The maximum Gasteiger partial charge on any atom is 0.347 e. The predicted octanol–water partition coefficient (Wildman–Crippen LogP) is 2.50. The highest BCUT2D eigenvalue weighted by atomic mass is 16.6. The SMILES string of the molecule is CCOC(=O)C1CCN(C(=O)C(C)OC(=O)C(C)Oc2ccc(C)cc2)CC1. The van der Waals surface area contributed by atoms with Gasteiger partial charge >= 0.3 is 11.9 Å². The number of carbonyl (C=O) groups excluding carboxylic acids is 3. The van der Waals surface area contributed by atoms with E-state index in [2.05, 4.69) is 0 Å². The lowest BCUT2D eigenvalue weighted by atomic mass is 9.97. The smallest absolute Gasteiger partial charge is 0.347 e. The van der Waals surface area contributed by atoms with Gasteiger partial charge in [0.05, 0.1) is 12.5 Å². The van der Waals surface area contributed by atoms with E-state index < -0.39 is 18.2 Å². The molecule has 2 unspecified atom stereocenters. The molecule has 154 valence electrons. The summed E-state index contributed by atoms with van der Waals surface area (Å²) < 4.78 is 15.9. The monoisotopic (exact) mass is 391 g/mol. The van der Waals surface area contributed by atoms with Crippen LogP contribution in [0.15, 0.2) is 24.3 Å². The molecule has 28 heavy (non-hydrogen) atoms. The summed E-state index contributed by atoms with van der Waals surface area (Å²) in [7, 11) is 0. The summed E-state index contributed by atoms with van der Waals surface area (Å²) in [6.07, 6.45) is -0.626. The van der Waals surface area contributed by atoms with Gasteiger partial charge in [0, 0.05) is 13.1 Å². The van der Waals surface area contributed by atoms with Gasteiger partial charge in [-0.3, -0.25) is 9.59 Å². The minimum atomic E-state index is -0.907. The average molecular weight is 391 g/mol. The standard InChI is InChI=1S/C21H29NO6/c1-5-26-21(25)17-10-12-22(13-11-17)19(23)15(3)28-20(24)16(4)27-18-8-6-14(2)7-9-18/h6-9,15-17H,5,10-13H2,1-4H3. The van der Waals surface area contributed by atoms with Crippen LogP contribution < -0.4 is 4.74 Å². The van der Waals surface area contributed by atoms with E-state index in [-0.39, 0.29) is 17.8 Å². The van der Waals surface area contributed by atoms with Crippen LogP contribution in [0, 0.1) is 12.8 Å². The number of esters is 2. The van der Waals surface area contributed by atoms with E-state index >= 15 is 0 Å². The molecule has 1 aromatic carbocycles. The maximum absolute atomic E-state index is 12.5. The number of ether oxygens (including phenoxy) is 3. The van der Waals surface area contributed by atoms with E-state index in [1.807, 2.05) is 19.1 Å². The zero-order valence-electron chi connectivity index (χ0n) is 17.0. The number of benzene rings is 1. The summed E-state index contributed by atoms with van der Waals surface area (Å²) in [4.78, 5) is 38.2. The number of likely N-dealkylation sites (tertiary alicyclic amines) is 1. The Morgan fingerprint density at radius 1 is 1.07 bits per heavy atom. The molecule has 2 atom stereocenters. The predicted molar refractivity (Wildman–Crippen MR) is 103 cm³/mol. The number of hydrogen-bond acceptors (Lipinski definition) is 6. The molecule has 1 heterocycles. The fourth-order valence-electron chi connectivity index (χ4n) is 3.04. The summed E-state index contributed by atoms with van der Waals surface area (Å²) >= 11 is 0. The second kappa shape index (κ2) is 10.1. The van der Waals surface area contributed by atoms with Crippen molar-refractivity contribution in [3.05, 3.63) is 29.8 Å². The van der Waals surface area contributed by atoms with Crippen molar-refractivity contribution < 1.29 is 28.6 Å². The van der Waals surface area contributed by atoms with Crippen LogP contribution >= 0.6 is 0 Å². The van der Waals surface area contributed by atoms with Gasteiger partial charge in [-0.15, -0.1) is 0 Å². The minimum Gasteiger partial charge on any atom is -0.479 e. The first kappa shape index (κ1) is 21.7. The molecular formula is C21H29NO6. The molecule has 0 bridgehead atoms. The molecule has 7 heteroatoms.